The van der Waals surface area contributed by atoms with E-state index in [0.29, 0.717) is 17.6 Å². The lowest BCUT2D eigenvalue weighted by atomic mass is 9.89. The van der Waals surface area contributed by atoms with Crippen LogP contribution >= 0.6 is 0 Å². The normalized spacial score (nSPS) is 22.8. The summed E-state index contributed by atoms with van der Waals surface area (Å²) >= 11 is 0. The van der Waals surface area contributed by atoms with Crippen LogP contribution in [-0.2, 0) is 6.42 Å². The Balaban J connectivity index is 1.31. The molecule has 4 heteroatoms. The summed E-state index contributed by atoms with van der Waals surface area (Å²) in [6, 6.07) is 18.8. The Morgan fingerprint density at radius 3 is 2.62 bits per heavy atom. The maximum atomic E-state index is 5.42. The molecule has 0 radical (unpaired) electrons. The maximum Gasteiger partial charge on any atom is 0.0761 e. The van der Waals surface area contributed by atoms with Gasteiger partial charge in [-0.2, -0.15) is 0 Å². The fourth-order valence-electron chi connectivity index (χ4n) is 6.00. The molecule has 2 aliphatic heterocycles. The summed E-state index contributed by atoms with van der Waals surface area (Å²) in [5.74, 6) is 2.73. The first-order chi connectivity index (χ1) is 15.7. The first kappa shape index (κ1) is 19.9. The number of terminal acetylenes is 1. The number of anilines is 1. The summed E-state index contributed by atoms with van der Waals surface area (Å²) in [6.45, 7) is 6.31. The highest BCUT2D eigenvalue weighted by Gasteiger charge is 2.51. The van der Waals surface area contributed by atoms with Gasteiger partial charge in [0, 0.05) is 47.5 Å². The molecule has 6 rings (SSSR count). The Kier molecular flexibility index (Phi) is 4.78. The van der Waals surface area contributed by atoms with Crippen molar-refractivity contribution in [3.63, 3.8) is 0 Å². The molecular formula is C28H32N4. The molecule has 4 nitrogen and oxygen atoms in total. The first-order valence-electron chi connectivity index (χ1n) is 12.1. The topological polar surface area (TPSA) is 34.3 Å². The molecule has 1 atom stereocenters. The Bertz CT molecular complexity index is 1160. The highest BCUT2D eigenvalue weighted by Crippen LogP contribution is 2.52. The van der Waals surface area contributed by atoms with E-state index in [2.05, 4.69) is 81.5 Å². The van der Waals surface area contributed by atoms with Gasteiger partial charge in [-0.05, 0) is 55.0 Å². The van der Waals surface area contributed by atoms with Crippen LogP contribution in [0.5, 0.6) is 0 Å². The number of para-hydroxylation sites is 1. The average Bonchev–Trinajstić information content (AvgIpc) is 3.51. The fraction of sp³-hybridized carbons (Fsp3) is 0.429. The largest absolute Gasteiger partial charge is 0.380 e. The van der Waals surface area contributed by atoms with Crippen LogP contribution in [0.15, 0.2) is 48.5 Å². The molecule has 164 valence electrons. The standard InChI is InChI=1S/C28H32N4/c1-3-16-31-18-22(19-31)29-21-11-9-20(10-12-21)27-26-24(23-7-5-6-8-25(23)30-26)13-17-32(27)28(4-2)14-15-28/h1,5-12,22,27,29-30H,4,13-19H2,2H3. The van der Waals surface area contributed by atoms with Crippen molar-refractivity contribution in [2.24, 2.45) is 0 Å². The van der Waals surface area contributed by atoms with Crippen molar-refractivity contribution in [2.75, 3.05) is 31.5 Å². The molecule has 1 aliphatic carbocycles. The van der Waals surface area contributed by atoms with Crippen molar-refractivity contribution in [2.45, 2.75) is 50.2 Å². The molecule has 2 aromatic carbocycles. The van der Waals surface area contributed by atoms with Crippen molar-refractivity contribution in [1.82, 2.24) is 14.8 Å². The number of benzene rings is 2. The molecule has 1 saturated carbocycles. The zero-order valence-corrected chi connectivity index (χ0v) is 18.9. The lowest BCUT2D eigenvalue weighted by Gasteiger charge is -2.42. The number of H-pyrrole nitrogens is 1. The monoisotopic (exact) mass is 424 g/mol. The molecule has 0 amide bonds. The number of likely N-dealkylation sites (tertiary alicyclic amines) is 1. The first-order valence-corrected chi connectivity index (χ1v) is 12.1. The molecule has 3 heterocycles. The summed E-state index contributed by atoms with van der Waals surface area (Å²) in [7, 11) is 0. The SMILES string of the molecule is C#CCN1CC(Nc2ccc(C3c4[nH]c5ccccc5c4CCN3C3(CC)CC3)cc2)C1. The summed E-state index contributed by atoms with van der Waals surface area (Å²) in [5.41, 5.74) is 7.16. The van der Waals surface area contributed by atoms with E-state index in [9.17, 15) is 0 Å². The lowest BCUT2D eigenvalue weighted by Crippen LogP contribution is -2.54. The van der Waals surface area contributed by atoms with Gasteiger partial charge < -0.3 is 10.3 Å². The van der Waals surface area contributed by atoms with Crippen LogP contribution in [0.1, 0.15) is 49.0 Å². The van der Waals surface area contributed by atoms with Gasteiger partial charge in [0.05, 0.1) is 18.6 Å². The third kappa shape index (κ3) is 3.23. The molecule has 2 N–H and O–H groups in total. The number of nitrogens with zero attached hydrogens (tertiary/aromatic N) is 2. The minimum absolute atomic E-state index is 0.303. The number of aromatic amines is 1. The molecule has 1 aromatic heterocycles. The van der Waals surface area contributed by atoms with Crippen LogP contribution < -0.4 is 5.32 Å². The van der Waals surface area contributed by atoms with Crippen molar-refractivity contribution in [3.8, 4) is 12.3 Å². The zero-order chi connectivity index (χ0) is 21.7. The minimum atomic E-state index is 0.303. The Morgan fingerprint density at radius 2 is 1.91 bits per heavy atom. The lowest BCUT2D eigenvalue weighted by molar-refractivity contribution is 0.122. The maximum absolute atomic E-state index is 5.42. The number of aromatic nitrogens is 1. The van der Waals surface area contributed by atoms with Gasteiger partial charge in [-0.1, -0.05) is 43.2 Å². The van der Waals surface area contributed by atoms with Crippen molar-refractivity contribution >= 4 is 16.6 Å². The molecule has 1 unspecified atom stereocenters. The van der Waals surface area contributed by atoms with Gasteiger partial charge in [-0.25, -0.2) is 0 Å². The van der Waals surface area contributed by atoms with Crippen LogP contribution in [0.3, 0.4) is 0 Å². The van der Waals surface area contributed by atoms with Crippen LogP contribution in [0.25, 0.3) is 10.9 Å². The van der Waals surface area contributed by atoms with E-state index in [0.717, 1.165) is 32.6 Å². The molecule has 0 spiro atoms. The predicted molar refractivity (Wildman–Crippen MR) is 132 cm³/mol. The number of hydrogen-bond donors (Lipinski definition) is 2. The average molecular weight is 425 g/mol. The molecule has 0 bridgehead atoms. The number of hydrogen-bond acceptors (Lipinski definition) is 3. The summed E-state index contributed by atoms with van der Waals surface area (Å²) in [5, 5.41) is 5.07. The van der Waals surface area contributed by atoms with Gasteiger partial charge in [0.15, 0.2) is 0 Å². The quantitative estimate of drug-likeness (QED) is 0.559. The molecule has 3 aliphatic rings. The van der Waals surface area contributed by atoms with Gasteiger partial charge in [-0.3, -0.25) is 9.80 Å². The Morgan fingerprint density at radius 1 is 1.12 bits per heavy atom. The van der Waals surface area contributed by atoms with Crippen molar-refractivity contribution in [3.05, 3.63) is 65.4 Å². The summed E-state index contributed by atoms with van der Waals surface area (Å²) in [6.07, 6.45) is 10.4. The van der Waals surface area contributed by atoms with Crippen LogP contribution in [0.2, 0.25) is 0 Å². The van der Waals surface area contributed by atoms with E-state index >= 15 is 0 Å². The second-order valence-electron chi connectivity index (χ2n) is 9.85. The van der Waals surface area contributed by atoms with Crippen LogP contribution in [0, 0.1) is 12.3 Å². The van der Waals surface area contributed by atoms with Gasteiger partial charge in [0.2, 0.25) is 0 Å². The molecule has 32 heavy (non-hydrogen) atoms. The van der Waals surface area contributed by atoms with E-state index in [1.54, 1.807) is 0 Å². The zero-order valence-electron chi connectivity index (χ0n) is 18.9. The van der Waals surface area contributed by atoms with Gasteiger partial charge >= 0.3 is 0 Å². The molecular weight excluding hydrogens is 392 g/mol. The third-order valence-corrected chi connectivity index (χ3v) is 8.00. The molecule has 2 fully saturated rings. The van der Waals surface area contributed by atoms with Gasteiger partial charge in [-0.15, -0.1) is 6.42 Å². The number of fused-ring (bicyclic) bond motifs is 3. The van der Waals surface area contributed by atoms with E-state index in [4.69, 9.17) is 6.42 Å². The van der Waals surface area contributed by atoms with E-state index in [1.807, 2.05) is 0 Å². The summed E-state index contributed by atoms with van der Waals surface area (Å²) < 4.78 is 0. The smallest absolute Gasteiger partial charge is 0.0761 e. The van der Waals surface area contributed by atoms with Crippen molar-refractivity contribution in [1.29, 1.82) is 0 Å². The van der Waals surface area contributed by atoms with E-state index < -0.39 is 0 Å². The van der Waals surface area contributed by atoms with Crippen LogP contribution in [0.4, 0.5) is 5.69 Å². The molecule has 1 saturated heterocycles. The highest BCUT2D eigenvalue weighted by molar-refractivity contribution is 5.85. The van der Waals surface area contributed by atoms with Crippen molar-refractivity contribution < 1.29 is 0 Å². The number of nitrogens with one attached hydrogen (secondary N) is 2. The van der Waals surface area contributed by atoms with E-state index in [-0.39, 0.29) is 0 Å². The highest BCUT2D eigenvalue weighted by atomic mass is 15.3. The van der Waals surface area contributed by atoms with E-state index in [1.165, 1.54) is 52.7 Å². The fourth-order valence-corrected chi connectivity index (χ4v) is 6.00. The van der Waals surface area contributed by atoms with Crippen LogP contribution in [-0.4, -0.2) is 52.5 Å². The molecule has 3 aromatic rings. The predicted octanol–water partition coefficient (Wildman–Crippen LogP) is 4.79. The second kappa shape index (κ2) is 7.69. The van der Waals surface area contributed by atoms with Gasteiger partial charge in [0.1, 0.15) is 0 Å². The Hall–Kier alpha value is -2.74. The minimum Gasteiger partial charge on any atom is -0.380 e. The summed E-state index contributed by atoms with van der Waals surface area (Å²) in [4.78, 5) is 8.92. The third-order valence-electron chi connectivity index (χ3n) is 8.00. The number of rotatable bonds is 6. The Labute approximate surface area is 191 Å². The van der Waals surface area contributed by atoms with Gasteiger partial charge in [0.25, 0.3) is 0 Å². The second-order valence-corrected chi connectivity index (χ2v) is 9.85.